The maximum absolute atomic E-state index is 13.3. The number of ketones is 2. The number of rotatable bonds is 5. The summed E-state index contributed by atoms with van der Waals surface area (Å²) in [6.45, 7) is 6.04. The van der Waals surface area contributed by atoms with Gasteiger partial charge in [0.2, 0.25) is 33.1 Å². The van der Waals surface area contributed by atoms with E-state index in [4.69, 9.17) is 9.47 Å². The summed E-state index contributed by atoms with van der Waals surface area (Å²) >= 11 is 0. The smallest absolute Gasteiger partial charge is 0.243 e. The Bertz CT molecular complexity index is 1090. The second kappa shape index (κ2) is 7.97. The highest BCUT2D eigenvalue weighted by molar-refractivity contribution is 7.89. The predicted molar refractivity (Wildman–Crippen MR) is 115 cm³/mol. The first-order valence-corrected chi connectivity index (χ1v) is 14.4. The number of carbonyl (C=O) groups is 2. The lowest BCUT2D eigenvalue weighted by Crippen LogP contribution is -2.44. The first kappa shape index (κ1) is 22.2. The van der Waals surface area contributed by atoms with Gasteiger partial charge in [0.1, 0.15) is 0 Å². The Morgan fingerprint density at radius 3 is 2.03 bits per heavy atom. The summed E-state index contributed by atoms with van der Waals surface area (Å²) in [7, 11) is -3.14. The van der Waals surface area contributed by atoms with Crippen molar-refractivity contribution in [2.45, 2.75) is 24.5 Å². The van der Waals surface area contributed by atoms with E-state index in [-0.39, 0.29) is 40.6 Å². The molecule has 0 saturated heterocycles. The van der Waals surface area contributed by atoms with Gasteiger partial charge < -0.3 is 9.47 Å². The van der Waals surface area contributed by atoms with Gasteiger partial charge in [-0.2, -0.15) is 4.31 Å². The SMILES string of the molecule is COC1=C(OC)C(=O)C2=C(CN(S(=O)(=O)c3ccccc3)C/C2=C\[Si](C)(C)C)C1=O. The molecule has 30 heavy (non-hydrogen) atoms. The first-order valence-electron chi connectivity index (χ1n) is 9.43. The van der Waals surface area contributed by atoms with Crippen molar-refractivity contribution in [3.05, 3.63) is 64.3 Å². The van der Waals surface area contributed by atoms with Crippen LogP contribution in [0.2, 0.25) is 19.6 Å². The van der Waals surface area contributed by atoms with E-state index in [2.05, 4.69) is 19.6 Å². The zero-order valence-electron chi connectivity index (χ0n) is 17.7. The number of allylic oxidation sites excluding steroid dienone is 2. The molecule has 0 amide bonds. The van der Waals surface area contributed by atoms with Gasteiger partial charge >= 0.3 is 0 Å². The van der Waals surface area contributed by atoms with Crippen molar-refractivity contribution in [2.75, 3.05) is 27.3 Å². The van der Waals surface area contributed by atoms with E-state index in [0.29, 0.717) is 5.57 Å². The predicted octanol–water partition coefficient (Wildman–Crippen LogP) is 2.45. The minimum Gasteiger partial charge on any atom is -0.489 e. The molecule has 0 unspecified atom stereocenters. The van der Waals surface area contributed by atoms with Gasteiger partial charge in [0.05, 0.1) is 27.2 Å². The average Bonchev–Trinajstić information content (AvgIpc) is 2.69. The molecule has 2 aliphatic rings. The van der Waals surface area contributed by atoms with Crippen LogP contribution in [0.5, 0.6) is 0 Å². The van der Waals surface area contributed by atoms with E-state index in [1.807, 2.05) is 5.70 Å². The molecule has 160 valence electrons. The summed E-state index contributed by atoms with van der Waals surface area (Å²) in [4.78, 5) is 26.4. The normalized spacial score (nSPS) is 20.0. The van der Waals surface area contributed by atoms with Gasteiger partial charge in [-0.1, -0.05) is 43.5 Å². The number of benzene rings is 1. The second-order valence-electron chi connectivity index (χ2n) is 8.20. The number of methoxy groups -OCH3 is 2. The molecule has 1 aliphatic carbocycles. The molecule has 3 rings (SSSR count). The van der Waals surface area contributed by atoms with E-state index in [9.17, 15) is 18.0 Å². The standard InChI is InChI=1S/C21H25NO6SSi/c1-27-20-18(23)16-12-22(29(25,26)15-9-7-6-8-10-15)11-14(13-30(3,4)5)17(16)19(24)21(20)28-2/h6-10,13H,11-12H2,1-5H3/b14-13+. The molecule has 0 radical (unpaired) electrons. The van der Waals surface area contributed by atoms with Gasteiger partial charge in [-0.3, -0.25) is 9.59 Å². The third kappa shape index (κ3) is 3.92. The van der Waals surface area contributed by atoms with Crippen LogP contribution in [0.3, 0.4) is 0 Å². The molecule has 0 saturated carbocycles. The molecule has 1 aromatic carbocycles. The fourth-order valence-electron chi connectivity index (χ4n) is 3.62. The molecular weight excluding hydrogens is 422 g/mol. The highest BCUT2D eigenvalue weighted by atomic mass is 32.2. The third-order valence-corrected chi connectivity index (χ3v) is 7.84. The van der Waals surface area contributed by atoms with Crippen LogP contribution in [-0.2, 0) is 29.1 Å². The summed E-state index contributed by atoms with van der Waals surface area (Å²) in [5, 5.41) is 0. The molecule has 0 atom stereocenters. The minimum absolute atomic E-state index is 0.0126. The van der Waals surface area contributed by atoms with Crippen LogP contribution in [0.15, 0.2) is 69.2 Å². The Hall–Kier alpha value is -2.49. The lowest BCUT2D eigenvalue weighted by atomic mass is 9.85. The summed E-state index contributed by atoms with van der Waals surface area (Å²) in [5.41, 5.74) is 2.86. The Morgan fingerprint density at radius 2 is 1.50 bits per heavy atom. The van der Waals surface area contributed by atoms with Crippen molar-refractivity contribution in [3.8, 4) is 0 Å². The van der Waals surface area contributed by atoms with Crippen molar-refractivity contribution in [1.82, 2.24) is 4.31 Å². The maximum atomic E-state index is 13.3. The van der Waals surface area contributed by atoms with Crippen molar-refractivity contribution in [1.29, 1.82) is 0 Å². The van der Waals surface area contributed by atoms with Crippen LogP contribution in [0.1, 0.15) is 0 Å². The zero-order valence-corrected chi connectivity index (χ0v) is 19.5. The molecule has 0 aromatic heterocycles. The van der Waals surface area contributed by atoms with Crippen molar-refractivity contribution in [3.63, 3.8) is 0 Å². The number of carbonyl (C=O) groups excluding carboxylic acids is 2. The molecule has 0 fully saturated rings. The van der Waals surface area contributed by atoms with E-state index in [0.717, 1.165) is 0 Å². The Labute approximate surface area is 177 Å². The van der Waals surface area contributed by atoms with Crippen LogP contribution in [-0.4, -0.2) is 59.7 Å². The highest BCUT2D eigenvalue weighted by Crippen LogP contribution is 2.36. The van der Waals surface area contributed by atoms with E-state index >= 15 is 0 Å². The van der Waals surface area contributed by atoms with Gasteiger partial charge in [0.15, 0.2) is 0 Å². The number of hydrogen-bond donors (Lipinski definition) is 0. The zero-order chi connectivity index (χ0) is 22.3. The molecule has 0 spiro atoms. The highest BCUT2D eigenvalue weighted by Gasteiger charge is 2.44. The fourth-order valence-corrected chi connectivity index (χ4v) is 6.31. The number of sulfonamides is 1. The molecule has 9 heteroatoms. The van der Waals surface area contributed by atoms with Crippen molar-refractivity contribution in [2.24, 2.45) is 0 Å². The summed E-state index contributed by atoms with van der Waals surface area (Å²) in [6.07, 6.45) is 0. The summed E-state index contributed by atoms with van der Waals surface area (Å²) in [6, 6.07) is 8.05. The Balaban J connectivity index is 2.19. The van der Waals surface area contributed by atoms with Gasteiger partial charge in [0, 0.05) is 24.2 Å². The van der Waals surface area contributed by atoms with Gasteiger partial charge in [-0.15, -0.1) is 0 Å². The molecule has 1 heterocycles. The van der Waals surface area contributed by atoms with E-state index in [1.165, 1.54) is 30.7 Å². The lowest BCUT2D eigenvalue weighted by molar-refractivity contribution is -0.121. The second-order valence-corrected chi connectivity index (χ2v) is 15.2. The third-order valence-electron chi connectivity index (χ3n) is 4.82. The monoisotopic (exact) mass is 447 g/mol. The number of ether oxygens (including phenoxy) is 2. The minimum atomic E-state index is -3.86. The van der Waals surface area contributed by atoms with Crippen LogP contribution in [0, 0.1) is 0 Å². The van der Waals surface area contributed by atoms with E-state index < -0.39 is 29.7 Å². The molecule has 7 nitrogen and oxygen atoms in total. The quantitative estimate of drug-likeness (QED) is 0.509. The van der Waals surface area contributed by atoms with Crippen LogP contribution in [0.25, 0.3) is 0 Å². The summed E-state index contributed by atoms with van der Waals surface area (Å²) in [5.74, 6) is -1.33. The Morgan fingerprint density at radius 1 is 0.933 bits per heavy atom. The molecule has 1 aromatic rings. The average molecular weight is 448 g/mol. The molecule has 1 aliphatic heterocycles. The topological polar surface area (TPSA) is 90.0 Å². The van der Waals surface area contributed by atoms with E-state index in [1.54, 1.807) is 18.2 Å². The van der Waals surface area contributed by atoms with Crippen LogP contribution in [0.4, 0.5) is 0 Å². The molecular formula is C21H25NO6SSi. The van der Waals surface area contributed by atoms with Gasteiger partial charge in [0.25, 0.3) is 0 Å². The van der Waals surface area contributed by atoms with Crippen molar-refractivity contribution >= 4 is 29.7 Å². The lowest BCUT2D eigenvalue weighted by Gasteiger charge is -2.34. The maximum Gasteiger partial charge on any atom is 0.243 e. The van der Waals surface area contributed by atoms with Crippen LogP contribution < -0.4 is 0 Å². The Kier molecular flexibility index (Phi) is 5.90. The van der Waals surface area contributed by atoms with Crippen LogP contribution >= 0.6 is 0 Å². The van der Waals surface area contributed by atoms with Gasteiger partial charge in [-0.25, -0.2) is 8.42 Å². The number of nitrogens with zero attached hydrogens (tertiary/aromatic N) is 1. The summed E-state index contributed by atoms with van der Waals surface area (Å²) < 4.78 is 38.1. The molecule has 0 bridgehead atoms. The van der Waals surface area contributed by atoms with Gasteiger partial charge in [-0.05, 0) is 17.7 Å². The molecule has 0 N–H and O–H groups in total. The fraction of sp³-hybridized carbons (Fsp3) is 0.333. The number of Topliss-reactive ketones (excluding diaryl/α,β-unsaturated/α-hetero) is 2. The largest absolute Gasteiger partial charge is 0.489 e. The van der Waals surface area contributed by atoms with Crippen molar-refractivity contribution < 1.29 is 27.5 Å². The first-order chi connectivity index (χ1) is 14.0. The number of hydrogen-bond acceptors (Lipinski definition) is 6.